The van der Waals surface area contributed by atoms with Gasteiger partial charge < -0.3 is 21.8 Å². The third-order valence-electron chi connectivity index (χ3n) is 2.91. The second-order valence-electron chi connectivity index (χ2n) is 7.45. The van der Waals surface area contributed by atoms with E-state index in [0.717, 1.165) is 12.2 Å². The van der Waals surface area contributed by atoms with Gasteiger partial charge in [0, 0.05) is 12.2 Å². The summed E-state index contributed by atoms with van der Waals surface area (Å²) in [5.74, 6) is -0.910. The Morgan fingerprint density at radius 3 is 1.69 bits per heavy atom. The third kappa shape index (κ3) is 11.7. The molecule has 0 aromatic carbocycles. The van der Waals surface area contributed by atoms with E-state index in [4.69, 9.17) is 21.8 Å². The van der Waals surface area contributed by atoms with Crippen molar-refractivity contribution in [2.24, 2.45) is 0 Å². The minimum atomic E-state index is -2.46. The van der Waals surface area contributed by atoms with E-state index < -0.39 is 46.4 Å². The van der Waals surface area contributed by atoms with Gasteiger partial charge in [0.05, 0.1) is 0 Å². The van der Waals surface area contributed by atoms with Crippen LogP contribution in [0.5, 0.6) is 0 Å². The van der Waals surface area contributed by atoms with Crippen molar-refractivity contribution in [1.29, 1.82) is 0 Å². The molecule has 26 heavy (non-hydrogen) atoms. The maximum absolute atomic E-state index is 11.2. The molecule has 0 aliphatic carbocycles. The van der Waals surface area contributed by atoms with Gasteiger partial charge in [-0.05, 0) is 45.8 Å². The molecule has 1 atom stereocenters. The molecular formula is C15H32O7Si4. The minimum absolute atomic E-state index is 0.242. The largest absolute Gasteiger partial charge is 0.463 e. The van der Waals surface area contributed by atoms with Crippen molar-refractivity contribution in [3.8, 4) is 0 Å². The topological polar surface area (TPSA) is 80.3 Å². The molecule has 0 spiro atoms. The lowest BCUT2D eigenvalue weighted by molar-refractivity contribution is -0.137. The molecule has 0 heterocycles. The molecule has 0 aliphatic rings. The number of esters is 2. The highest BCUT2D eigenvalue weighted by Gasteiger charge is 2.38. The zero-order chi connectivity index (χ0) is 20.6. The Labute approximate surface area is 161 Å². The third-order valence-corrected chi connectivity index (χ3v) is 16.2. The molecule has 0 radical (unpaired) electrons. The minimum Gasteiger partial charge on any atom is -0.463 e. The summed E-state index contributed by atoms with van der Waals surface area (Å²) < 4.78 is 28.7. The summed E-state index contributed by atoms with van der Waals surface area (Å²) >= 11 is 0. The van der Waals surface area contributed by atoms with E-state index in [1.807, 2.05) is 45.8 Å². The first-order valence-electron chi connectivity index (χ1n) is 8.36. The van der Waals surface area contributed by atoms with Gasteiger partial charge in [-0.25, -0.2) is 9.59 Å². The molecule has 150 valence electrons. The summed E-state index contributed by atoms with van der Waals surface area (Å²) in [7, 11) is -8.87. The van der Waals surface area contributed by atoms with Crippen LogP contribution in [0, 0.1) is 0 Å². The number of hydrogen-bond acceptors (Lipinski definition) is 7. The van der Waals surface area contributed by atoms with Gasteiger partial charge in [-0.1, -0.05) is 13.2 Å². The second-order valence-corrected chi connectivity index (χ2v) is 21.7. The van der Waals surface area contributed by atoms with Crippen LogP contribution >= 0.6 is 0 Å². The standard InChI is InChI=1S/C15H32O7Si4/c1-10-14(16)18-12-24(4,5)20-23(3)21-26(8,9)22-25(6,7)13-19-15(17)11-2/h10-11,23H,1-2,12-13H2,3-9H3. The van der Waals surface area contributed by atoms with Crippen molar-refractivity contribution >= 4 is 46.4 Å². The lowest BCUT2D eigenvalue weighted by Gasteiger charge is -2.36. The molecule has 7 nitrogen and oxygen atoms in total. The molecule has 0 saturated carbocycles. The van der Waals surface area contributed by atoms with Gasteiger partial charge in [0.2, 0.25) is 16.6 Å². The summed E-state index contributed by atoms with van der Waals surface area (Å²) in [6.45, 7) is 20.5. The van der Waals surface area contributed by atoms with Crippen molar-refractivity contribution in [1.82, 2.24) is 0 Å². The van der Waals surface area contributed by atoms with Gasteiger partial charge in [-0.15, -0.1) is 0 Å². The maximum Gasteiger partial charge on any atom is 0.329 e. The fourth-order valence-electron chi connectivity index (χ4n) is 2.23. The smallest absolute Gasteiger partial charge is 0.329 e. The normalized spacial score (nSPS) is 13.7. The molecule has 11 heteroatoms. The highest BCUT2D eigenvalue weighted by Crippen LogP contribution is 2.19. The molecular weight excluding hydrogens is 405 g/mol. The Bertz CT molecular complexity index is 520. The zero-order valence-electron chi connectivity index (χ0n) is 16.9. The molecule has 0 aromatic heterocycles. The molecule has 0 bridgehead atoms. The zero-order valence-corrected chi connectivity index (χ0v) is 21.1. The van der Waals surface area contributed by atoms with Crippen LogP contribution in [0.4, 0.5) is 0 Å². The Kier molecular flexibility index (Phi) is 10.2. The molecule has 0 fully saturated rings. The van der Waals surface area contributed by atoms with Crippen molar-refractivity contribution in [3.63, 3.8) is 0 Å². The summed E-state index contributed by atoms with van der Waals surface area (Å²) in [6, 6.07) is 0. The van der Waals surface area contributed by atoms with E-state index in [1.165, 1.54) is 0 Å². The predicted molar refractivity (Wildman–Crippen MR) is 111 cm³/mol. The summed E-state index contributed by atoms with van der Waals surface area (Å²) in [5, 5.41) is 0. The van der Waals surface area contributed by atoms with Crippen molar-refractivity contribution in [2.75, 3.05) is 12.5 Å². The number of rotatable bonds is 12. The van der Waals surface area contributed by atoms with Gasteiger partial charge in [0.1, 0.15) is 12.5 Å². The molecule has 0 N–H and O–H groups in total. The van der Waals surface area contributed by atoms with E-state index in [1.54, 1.807) is 0 Å². The Balaban J connectivity index is 4.61. The number of carbonyl (C=O) groups excluding carboxylic acids is 2. The second kappa shape index (κ2) is 10.5. The maximum atomic E-state index is 11.2. The van der Waals surface area contributed by atoms with Crippen LogP contribution in [-0.2, 0) is 31.4 Å². The van der Waals surface area contributed by atoms with E-state index in [2.05, 4.69) is 13.2 Å². The molecule has 0 amide bonds. The van der Waals surface area contributed by atoms with Crippen molar-refractivity contribution in [3.05, 3.63) is 25.3 Å². The summed E-state index contributed by atoms with van der Waals surface area (Å²) in [6.07, 6.45) is 2.77. The van der Waals surface area contributed by atoms with Crippen molar-refractivity contribution in [2.45, 2.75) is 45.8 Å². The lowest BCUT2D eigenvalue weighted by atomic mass is 10.7. The summed E-state index contributed by atoms with van der Waals surface area (Å²) in [4.78, 5) is 22.5. The van der Waals surface area contributed by atoms with Crippen LogP contribution in [0.25, 0.3) is 0 Å². The van der Waals surface area contributed by atoms with Crippen LogP contribution in [0.1, 0.15) is 0 Å². The SMILES string of the molecule is C=CC(=O)OC[Si](C)(C)O[SiH](C)O[Si](C)(C)O[Si](C)(C)COC(=O)C=C. The van der Waals surface area contributed by atoms with Crippen LogP contribution in [0.2, 0.25) is 45.8 Å². The van der Waals surface area contributed by atoms with Crippen LogP contribution < -0.4 is 0 Å². The quantitative estimate of drug-likeness (QED) is 0.264. The van der Waals surface area contributed by atoms with Gasteiger partial charge >= 0.3 is 20.5 Å². The number of hydrogen-bond donors (Lipinski definition) is 0. The highest BCUT2D eigenvalue weighted by molar-refractivity contribution is 6.85. The first kappa shape index (κ1) is 25.2. The van der Waals surface area contributed by atoms with Gasteiger partial charge in [-0.2, -0.15) is 0 Å². The van der Waals surface area contributed by atoms with Crippen LogP contribution in [0.3, 0.4) is 0 Å². The van der Waals surface area contributed by atoms with Gasteiger partial charge in [0.25, 0.3) is 9.28 Å². The molecule has 0 aliphatic heterocycles. The average molecular weight is 437 g/mol. The monoisotopic (exact) mass is 436 g/mol. The highest BCUT2D eigenvalue weighted by atomic mass is 28.5. The van der Waals surface area contributed by atoms with E-state index >= 15 is 0 Å². The Hall–Kier alpha value is -0.832. The first-order chi connectivity index (χ1) is 11.7. The molecule has 1 unspecified atom stereocenters. The molecule has 0 rings (SSSR count). The van der Waals surface area contributed by atoms with Crippen LogP contribution in [0.15, 0.2) is 25.3 Å². The average Bonchev–Trinajstić information content (AvgIpc) is 2.47. The van der Waals surface area contributed by atoms with Crippen LogP contribution in [-0.4, -0.2) is 58.9 Å². The molecule has 0 aromatic rings. The van der Waals surface area contributed by atoms with E-state index in [9.17, 15) is 9.59 Å². The lowest BCUT2D eigenvalue weighted by Crippen LogP contribution is -2.53. The Morgan fingerprint density at radius 1 is 0.846 bits per heavy atom. The molecule has 0 saturated heterocycles. The van der Waals surface area contributed by atoms with Gasteiger partial charge in [-0.3, -0.25) is 0 Å². The fraction of sp³-hybridized carbons (Fsp3) is 0.600. The fourth-order valence-corrected chi connectivity index (χ4v) is 17.1. The van der Waals surface area contributed by atoms with E-state index in [-0.39, 0.29) is 12.5 Å². The first-order valence-corrected chi connectivity index (χ1v) is 19.5. The van der Waals surface area contributed by atoms with Gasteiger partial charge in [0.15, 0.2) is 0 Å². The summed E-state index contributed by atoms with van der Waals surface area (Å²) in [5.41, 5.74) is 0. The number of carbonyl (C=O) groups is 2. The Morgan fingerprint density at radius 2 is 1.27 bits per heavy atom. The number of ether oxygens (including phenoxy) is 2. The van der Waals surface area contributed by atoms with Crippen molar-refractivity contribution < 1.29 is 31.4 Å². The predicted octanol–water partition coefficient (Wildman–Crippen LogP) is 2.54. The van der Waals surface area contributed by atoms with E-state index in [0.29, 0.717) is 0 Å².